The Labute approximate surface area is 210 Å². The summed E-state index contributed by atoms with van der Waals surface area (Å²) in [5.41, 5.74) is 0.402. The number of methoxy groups -OCH3 is 1. The van der Waals surface area contributed by atoms with Gasteiger partial charge in [0.15, 0.2) is 11.6 Å². The summed E-state index contributed by atoms with van der Waals surface area (Å²) in [5.74, 6) is 0.962. The van der Waals surface area contributed by atoms with E-state index in [2.05, 4.69) is 15.3 Å². The molecule has 0 spiro atoms. The standard InChI is InChI=1S/C24H29ClN4O5S/c1-17(2)15-29(35(31,32)19-7-5-4-6-8-19)24-23(21(27-16-28-24)14-26-11-12-30)34-22-13-18(33-3)9-10-20(22)25/h4-10,13,16-17,26,30H,11-12,14-15H2,1-3H3. The van der Waals surface area contributed by atoms with Crippen molar-refractivity contribution in [1.29, 1.82) is 0 Å². The second-order valence-corrected chi connectivity index (χ2v) is 10.3. The molecule has 11 heteroatoms. The molecule has 0 saturated heterocycles. The van der Waals surface area contributed by atoms with Crippen LogP contribution < -0.4 is 19.1 Å². The Kier molecular flexibility index (Phi) is 9.27. The lowest BCUT2D eigenvalue weighted by Gasteiger charge is -2.27. The van der Waals surface area contributed by atoms with Crippen molar-refractivity contribution in [2.75, 3.05) is 31.1 Å². The Hall–Kier alpha value is -2.92. The average molecular weight is 521 g/mol. The Morgan fingerprint density at radius 2 is 1.89 bits per heavy atom. The van der Waals surface area contributed by atoms with Crippen LogP contribution in [0.5, 0.6) is 17.2 Å². The molecule has 0 bridgehead atoms. The highest BCUT2D eigenvalue weighted by atomic mass is 35.5. The third-order valence-electron chi connectivity index (χ3n) is 4.89. The molecule has 0 aliphatic carbocycles. The topological polar surface area (TPSA) is 114 Å². The molecule has 0 fully saturated rings. The number of nitrogens with one attached hydrogen (secondary N) is 1. The molecule has 1 aromatic heterocycles. The molecule has 0 radical (unpaired) electrons. The number of benzene rings is 2. The predicted molar refractivity (Wildman–Crippen MR) is 135 cm³/mol. The first-order chi connectivity index (χ1) is 16.8. The molecule has 0 atom stereocenters. The van der Waals surface area contributed by atoms with Crippen molar-refractivity contribution in [3.05, 3.63) is 65.6 Å². The van der Waals surface area contributed by atoms with Gasteiger partial charge in [0.05, 0.1) is 23.6 Å². The van der Waals surface area contributed by atoms with Gasteiger partial charge in [-0.25, -0.2) is 22.7 Å². The van der Waals surface area contributed by atoms with Crippen LogP contribution in [0.1, 0.15) is 19.5 Å². The number of anilines is 1. The number of aliphatic hydroxyl groups is 1. The second kappa shape index (κ2) is 12.2. The molecule has 0 unspecified atom stereocenters. The van der Waals surface area contributed by atoms with Crippen molar-refractivity contribution in [2.45, 2.75) is 25.3 Å². The average Bonchev–Trinajstić information content (AvgIpc) is 2.85. The van der Waals surface area contributed by atoms with Crippen LogP contribution in [-0.4, -0.2) is 50.3 Å². The summed E-state index contributed by atoms with van der Waals surface area (Å²) in [6.07, 6.45) is 1.29. The minimum atomic E-state index is -3.98. The van der Waals surface area contributed by atoms with E-state index in [0.717, 1.165) is 0 Å². The predicted octanol–water partition coefficient (Wildman–Crippen LogP) is 3.86. The van der Waals surface area contributed by atoms with Crippen LogP contribution in [0.15, 0.2) is 59.8 Å². The van der Waals surface area contributed by atoms with E-state index in [1.54, 1.807) is 36.4 Å². The maximum absolute atomic E-state index is 13.7. The van der Waals surface area contributed by atoms with E-state index in [9.17, 15) is 13.5 Å². The number of ether oxygens (including phenoxy) is 2. The quantitative estimate of drug-likeness (QED) is 0.346. The van der Waals surface area contributed by atoms with E-state index in [4.69, 9.17) is 21.1 Å². The lowest BCUT2D eigenvalue weighted by Crippen LogP contribution is -2.35. The van der Waals surface area contributed by atoms with Gasteiger partial charge in [0.1, 0.15) is 23.5 Å². The molecule has 35 heavy (non-hydrogen) atoms. The summed E-state index contributed by atoms with van der Waals surface area (Å²) < 4.78 is 40.2. The largest absolute Gasteiger partial charge is 0.497 e. The summed E-state index contributed by atoms with van der Waals surface area (Å²) in [5, 5.41) is 12.5. The molecule has 3 aromatic rings. The molecule has 2 N–H and O–H groups in total. The van der Waals surface area contributed by atoms with Gasteiger partial charge in [-0.1, -0.05) is 43.6 Å². The fraction of sp³-hybridized carbons (Fsp3) is 0.333. The van der Waals surface area contributed by atoms with Gasteiger partial charge in [-0.3, -0.25) is 0 Å². The highest BCUT2D eigenvalue weighted by Gasteiger charge is 2.31. The monoisotopic (exact) mass is 520 g/mol. The number of aliphatic hydroxyl groups excluding tert-OH is 1. The molecule has 0 amide bonds. The summed E-state index contributed by atoms with van der Waals surface area (Å²) >= 11 is 6.38. The van der Waals surface area contributed by atoms with Crippen molar-refractivity contribution < 1.29 is 23.0 Å². The SMILES string of the molecule is COc1ccc(Cl)c(Oc2c(CNCCO)ncnc2N(CC(C)C)S(=O)(=O)c2ccccc2)c1. The molecule has 0 aliphatic heterocycles. The fourth-order valence-corrected chi connectivity index (χ4v) is 5.01. The van der Waals surface area contributed by atoms with Crippen LogP contribution >= 0.6 is 11.6 Å². The summed E-state index contributed by atoms with van der Waals surface area (Å²) in [7, 11) is -2.46. The Morgan fingerprint density at radius 3 is 2.54 bits per heavy atom. The number of halogens is 1. The van der Waals surface area contributed by atoms with Gasteiger partial charge in [0.2, 0.25) is 0 Å². The number of sulfonamides is 1. The zero-order chi connectivity index (χ0) is 25.4. The Balaban J connectivity index is 2.18. The van der Waals surface area contributed by atoms with E-state index in [0.29, 0.717) is 23.0 Å². The normalized spacial score (nSPS) is 11.5. The van der Waals surface area contributed by atoms with Crippen LogP contribution in [0.3, 0.4) is 0 Å². The van der Waals surface area contributed by atoms with E-state index >= 15 is 0 Å². The molecule has 188 valence electrons. The van der Waals surface area contributed by atoms with Crippen molar-refractivity contribution in [3.8, 4) is 17.2 Å². The smallest absolute Gasteiger partial charge is 0.265 e. The van der Waals surface area contributed by atoms with Gasteiger partial charge in [-0.15, -0.1) is 0 Å². The van der Waals surface area contributed by atoms with E-state index < -0.39 is 10.0 Å². The van der Waals surface area contributed by atoms with E-state index in [-0.39, 0.29) is 47.8 Å². The first-order valence-electron chi connectivity index (χ1n) is 11.0. The maximum Gasteiger partial charge on any atom is 0.265 e. The fourth-order valence-electron chi connectivity index (χ4n) is 3.24. The zero-order valence-electron chi connectivity index (χ0n) is 19.8. The lowest BCUT2D eigenvalue weighted by atomic mass is 10.2. The van der Waals surface area contributed by atoms with Gasteiger partial charge in [-0.2, -0.15) is 0 Å². The molecule has 0 aliphatic rings. The minimum Gasteiger partial charge on any atom is -0.497 e. The van der Waals surface area contributed by atoms with Crippen molar-refractivity contribution in [2.24, 2.45) is 5.92 Å². The second-order valence-electron chi connectivity index (χ2n) is 8.01. The molecule has 9 nitrogen and oxygen atoms in total. The molecule has 0 saturated carbocycles. The van der Waals surface area contributed by atoms with Crippen molar-refractivity contribution >= 4 is 27.4 Å². The third-order valence-corrected chi connectivity index (χ3v) is 6.97. The van der Waals surface area contributed by atoms with Gasteiger partial charge in [0.25, 0.3) is 10.0 Å². The third kappa shape index (κ3) is 6.61. The van der Waals surface area contributed by atoms with E-state index in [1.807, 2.05) is 13.8 Å². The molecular weight excluding hydrogens is 492 g/mol. The maximum atomic E-state index is 13.7. The molecule has 2 aromatic carbocycles. The number of hydrogen-bond donors (Lipinski definition) is 2. The zero-order valence-corrected chi connectivity index (χ0v) is 21.4. The van der Waals surface area contributed by atoms with E-state index in [1.165, 1.54) is 29.9 Å². The molecule has 1 heterocycles. The summed E-state index contributed by atoms with van der Waals surface area (Å²) in [4.78, 5) is 8.79. The summed E-state index contributed by atoms with van der Waals surface area (Å²) in [6.45, 7) is 4.43. The lowest BCUT2D eigenvalue weighted by molar-refractivity contribution is 0.291. The first kappa shape index (κ1) is 26.7. The number of rotatable bonds is 12. The van der Waals surface area contributed by atoms with Gasteiger partial charge in [0, 0.05) is 25.7 Å². The van der Waals surface area contributed by atoms with Crippen molar-refractivity contribution in [1.82, 2.24) is 15.3 Å². The molecular formula is C24H29ClN4O5S. The van der Waals surface area contributed by atoms with Crippen LogP contribution in [0.25, 0.3) is 0 Å². The van der Waals surface area contributed by atoms with Crippen LogP contribution in [-0.2, 0) is 16.6 Å². The molecule has 3 rings (SSSR count). The Morgan fingerprint density at radius 1 is 1.14 bits per heavy atom. The Bertz CT molecular complexity index is 1230. The van der Waals surface area contributed by atoms with Gasteiger partial charge >= 0.3 is 0 Å². The van der Waals surface area contributed by atoms with Crippen LogP contribution in [0, 0.1) is 5.92 Å². The van der Waals surface area contributed by atoms with Crippen LogP contribution in [0.4, 0.5) is 5.82 Å². The van der Waals surface area contributed by atoms with Crippen molar-refractivity contribution in [3.63, 3.8) is 0 Å². The van der Waals surface area contributed by atoms with Gasteiger partial charge < -0.3 is 19.9 Å². The summed E-state index contributed by atoms with van der Waals surface area (Å²) in [6, 6.07) is 13.1. The van der Waals surface area contributed by atoms with Crippen LogP contribution in [0.2, 0.25) is 5.02 Å². The number of nitrogens with zero attached hydrogens (tertiary/aromatic N) is 3. The van der Waals surface area contributed by atoms with Gasteiger partial charge in [-0.05, 0) is 30.2 Å². The number of hydrogen-bond acceptors (Lipinski definition) is 8. The minimum absolute atomic E-state index is 0.0207. The number of aromatic nitrogens is 2. The first-order valence-corrected chi connectivity index (χ1v) is 12.8. The highest BCUT2D eigenvalue weighted by Crippen LogP contribution is 2.39. The highest BCUT2D eigenvalue weighted by molar-refractivity contribution is 7.92.